The van der Waals surface area contributed by atoms with Crippen molar-refractivity contribution in [2.75, 3.05) is 5.43 Å². The maximum absolute atomic E-state index is 13.7. The predicted molar refractivity (Wildman–Crippen MR) is 69.9 cm³/mol. The van der Waals surface area contributed by atoms with Crippen LogP contribution in [0.25, 0.3) is 0 Å². The Labute approximate surface area is 117 Å². The molecule has 8 nitrogen and oxygen atoms in total. The van der Waals surface area contributed by atoms with Gasteiger partial charge in [0.2, 0.25) is 5.88 Å². The second kappa shape index (κ2) is 5.81. The molecule has 0 unspecified atom stereocenters. The highest BCUT2D eigenvalue weighted by Gasteiger charge is 2.14. The molecule has 2 aromatic rings. The number of halogens is 1. The fourth-order valence-electron chi connectivity index (χ4n) is 1.49. The van der Waals surface area contributed by atoms with Gasteiger partial charge in [0.05, 0.1) is 28.7 Å². The number of hydrogen-bond donors (Lipinski definition) is 2. The number of nitriles is 1. The van der Waals surface area contributed by atoms with E-state index in [1.54, 1.807) is 6.07 Å². The number of aromatic nitrogens is 1. The highest BCUT2D eigenvalue weighted by atomic mass is 19.1. The van der Waals surface area contributed by atoms with Gasteiger partial charge in [0.1, 0.15) is 0 Å². The Morgan fingerprint density at radius 3 is 2.76 bits per heavy atom. The zero-order chi connectivity index (χ0) is 15.4. The van der Waals surface area contributed by atoms with E-state index < -0.39 is 10.7 Å². The van der Waals surface area contributed by atoms with Gasteiger partial charge in [-0.3, -0.25) is 10.1 Å². The van der Waals surface area contributed by atoms with Crippen LogP contribution in [0.5, 0.6) is 11.6 Å². The van der Waals surface area contributed by atoms with Crippen LogP contribution in [0.2, 0.25) is 0 Å². The minimum Gasteiger partial charge on any atom is -0.436 e. The highest BCUT2D eigenvalue weighted by molar-refractivity contribution is 5.48. The Morgan fingerprint density at radius 2 is 2.19 bits per heavy atom. The van der Waals surface area contributed by atoms with E-state index in [1.165, 1.54) is 12.1 Å². The van der Waals surface area contributed by atoms with Gasteiger partial charge in [-0.1, -0.05) is 0 Å². The number of nitrogens with one attached hydrogen (secondary N) is 1. The third-order valence-electron chi connectivity index (χ3n) is 2.42. The van der Waals surface area contributed by atoms with Crippen LogP contribution in [0.3, 0.4) is 0 Å². The van der Waals surface area contributed by atoms with E-state index in [0.717, 1.165) is 18.2 Å². The number of benzene rings is 1. The first-order valence-corrected chi connectivity index (χ1v) is 5.54. The SMILES string of the molecule is N#Cc1ccc(Oc2cc([N+](=O)[O-])cc(NN)n2)c(F)c1. The second-order valence-electron chi connectivity index (χ2n) is 3.81. The van der Waals surface area contributed by atoms with Gasteiger partial charge in [0.15, 0.2) is 17.4 Å². The molecule has 0 saturated heterocycles. The quantitative estimate of drug-likeness (QED) is 0.501. The van der Waals surface area contributed by atoms with Crippen molar-refractivity contribution in [3.63, 3.8) is 0 Å². The molecule has 106 valence electrons. The number of anilines is 1. The van der Waals surface area contributed by atoms with Crippen molar-refractivity contribution in [3.05, 3.63) is 51.8 Å². The average Bonchev–Trinajstić information content (AvgIpc) is 2.48. The number of nitro groups is 1. The Balaban J connectivity index is 2.37. The number of nitrogen functional groups attached to an aromatic ring is 1. The first-order valence-electron chi connectivity index (χ1n) is 5.54. The molecule has 2 rings (SSSR count). The lowest BCUT2D eigenvalue weighted by Gasteiger charge is -2.07. The molecule has 9 heteroatoms. The molecule has 0 aliphatic rings. The van der Waals surface area contributed by atoms with Crippen molar-refractivity contribution < 1.29 is 14.1 Å². The van der Waals surface area contributed by atoms with Crippen molar-refractivity contribution >= 4 is 11.5 Å². The first-order chi connectivity index (χ1) is 10.0. The summed E-state index contributed by atoms with van der Waals surface area (Å²) in [5.74, 6) is 3.93. The summed E-state index contributed by atoms with van der Waals surface area (Å²) < 4.78 is 18.8. The van der Waals surface area contributed by atoms with E-state index in [-0.39, 0.29) is 28.7 Å². The van der Waals surface area contributed by atoms with Crippen molar-refractivity contribution in [1.82, 2.24) is 4.98 Å². The molecule has 0 aliphatic heterocycles. The summed E-state index contributed by atoms with van der Waals surface area (Å²) in [5, 5.41) is 19.4. The summed E-state index contributed by atoms with van der Waals surface area (Å²) >= 11 is 0. The fraction of sp³-hybridized carbons (Fsp3) is 0. The molecule has 0 radical (unpaired) electrons. The standard InChI is InChI=1S/C12H8FN5O3/c13-9-3-7(6-14)1-2-10(9)21-12-5-8(18(19)20)4-11(16-12)17-15/h1-5H,15H2,(H,16,17). The third-order valence-corrected chi connectivity index (χ3v) is 2.42. The van der Waals surface area contributed by atoms with Crippen LogP contribution in [0.15, 0.2) is 30.3 Å². The van der Waals surface area contributed by atoms with E-state index in [4.69, 9.17) is 15.8 Å². The molecule has 0 atom stereocenters. The number of ether oxygens (including phenoxy) is 1. The molecule has 3 N–H and O–H groups in total. The largest absolute Gasteiger partial charge is 0.436 e. The third kappa shape index (κ3) is 3.20. The van der Waals surface area contributed by atoms with Gasteiger partial charge in [-0.25, -0.2) is 10.2 Å². The van der Waals surface area contributed by atoms with Gasteiger partial charge in [-0.05, 0) is 18.2 Å². The Morgan fingerprint density at radius 1 is 1.43 bits per heavy atom. The smallest absolute Gasteiger partial charge is 0.278 e. The summed E-state index contributed by atoms with van der Waals surface area (Å²) in [6, 6.07) is 7.45. The van der Waals surface area contributed by atoms with Crippen molar-refractivity contribution in [2.45, 2.75) is 0 Å². The van der Waals surface area contributed by atoms with E-state index in [2.05, 4.69) is 10.4 Å². The minimum absolute atomic E-state index is 0.00625. The summed E-state index contributed by atoms with van der Waals surface area (Å²) in [5.41, 5.74) is 1.95. The maximum atomic E-state index is 13.7. The molecular weight excluding hydrogens is 281 g/mol. The van der Waals surface area contributed by atoms with Gasteiger partial charge in [-0.2, -0.15) is 10.2 Å². The molecule has 21 heavy (non-hydrogen) atoms. The average molecular weight is 289 g/mol. The van der Waals surface area contributed by atoms with E-state index >= 15 is 0 Å². The summed E-state index contributed by atoms with van der Waals surface area (Å²) in [6.07, 6.45) is 0. The van der Waals surface area contributed by atoms with Gasteiger partial charge in [-0.15, -0.1) is 0 Å². The Kier molecular flexibility index (Phi) is 3.92. The van der Waals surface area contributed by atoms with Crippen LogP contribution in [0.1, 0.15) is 5.56 Å². The number of nitrogens with zero attached hydrogens (tertiary/aromatic N) is 3. The van der Waals surface area contributed by atoms with Gasteiger partial charge >= 0.3 is 0 Å². The molecule has 0 bridgehead atoms. The fourth-order valence-corrected chi connectivity index (χ4v) is 1.49. The second-order valence-corrected chi connectivity index (χ2v) is 3.81. The van der Waals surface area contributed by atoms with E-state index in [1.807, 2.05) is 0 Å². The zero-order valence-electron chi connectivity index (χ0n) is 10.4. The monoisotopic (exact) mass is 289 g/mol. The number of hydrogen-bond acceptors (Lipinski definition) is 7. The lowest BCUT2D eigenvalue weighted by atomic mass is 10.2. The summed E-state index contributed by atoms with van der Waals surface area (Å²) in [7, 11) is 0. The first kappa shape index (κ1) is 14.2. The lowest BCUT2D eigenvalue weighted by molar-refractivity contribution is -0.384. The van der Waals surface area contributed by atoms with Crippen molar-refractivity contribution in [1.29, 1.82) is 5.26 Å². The molecule has 0 fully saturated rings. The van der Waals surface area contributed by atoms with Gasteiger partial charge < -0.3 is 10.2 Å². The molecular formula is C12H8FN5O3. The number of rotatable bonds is 4. The Hall–Kier alpha value is -3.25. The van der Waals surface area contributed by atoms with Crippen LogP contribution in [-0.4, -0.2) is 9.91 Å². The molecule has 1 aromatic carbocycles. The minimum atomic E-state index is -0.787. The van der Waals surface area contributed by atoms with Crippen molar-refractivity contribution in [2.24, 2.45) is 5.84 Å². The lowest BCUT2D eigenvalue weighted by Crippen LogP contribution is -2.09. The number of nitrogens with two attached hydrogens (primary N) is 1. The summed E-state index contributed by atoms with van der Waals surface area (Å²) in [6.45, 7) is 0. The van der Waals surface area contributed by atoms with Crippen LogP contribution < -0.4 is 16.0 Å². The molecule has 1 heterocycles. The van der Waals surface area contributed by atoms with Crippen LogP contribution in [0.4, 0.5) is 15.9 Å². The maximum Gasteiger partial charge on any atom is 0.278 e. The molecule has 0 spiro atoms. The van der Waals surface area contributed by atoms with E-state index in [9.17, 15) is 14.5 Å². The van der Waals surface area contributed by atoms with Gasteiger partial charge in [0, 0.05) is 0 Å². The number of pyridine rings is 1. The normalized spacial score (nSPS) is 9.76. The zero-order valence-corrected chi connectivity index (χ0v) is 10.4. The van der Waals surface area contributed by atoms with Crippen LogP contribution in [-0.2, 0) is 0 Å². The molecule has 0 saturated carbocycles. The highest BCUT2D eigenvalue weighted by Crippen LogP contribution is 2.28. The van der Waals surface area contributed by atoms with Gasteiger partial charge in [0.25, 0.3) is 5.69 Å². The van der Waals surface area contributed by atoms with Crippen LogP contribution >= 0.6 is 0 Å². The summed E-state index contributed by atoms with van der Waals surface area (Å²) in [4.78, 5) is 13.9. The van der Waals surface area contributed by atoms with E-state index in [0.29, 0.717) is 0 Å². The number of hydrazine groups is 1. The Bertz CT molecular complexity index is 744. The molecule has 0 amide bonds. The van der Waals surface area contributed by atoms with Crippen LogP contribution in [0, 0.1) is 27.3 Å². The molecule has 0 aliphatic carbocycles. The topological polar surface area (TPSA) is 127 Å². The van der Waals surface area contributed by atoms with Crippen molar-refractivity contribution in [3.8, 4) is 17.7 Å². The molecule has 1 aromatic heterocycles. The predicted octanol–water partition coefficient (Wildman–Crippen LogP) is 2.08.